The van der Waals surface area contributed by atoms with Gasteiger partial charge in [0.1, 0.15) is 11.5 Å². The van der Waals surface area contributed by atoms with Crippen molar-refractivity contribution in [2.75, 3.05) is 7.11 Å². The molecule has 3 nitrogen and oxygen atoms in total. The molecule has 0 saturated heterocycles. The van der Waals surface area contributed by atoms with Gasteiger partial charge in [0.05, 0.1) is 12.6 Å². The number of pyridine rings is 1. The first-order chi connectivity index (χ1) is 7.63. The van der Waals surface area contributed by atoms with Crippen LogP contribution in [0.5, 0.6) is 0 Å². The molecular formula is C12H10FNO2. The van der Waals surface area contributed by atoms with Crippen LogP contribution in [0.3, 0.4) is 0 Å². The highest BCUT2D eigenvalue weighted by Gasteiger charge is 2.10. The summed E-state index contributed by atoms with van der Waals surface area (Å²) in [7, 11) is 1.28. The summed E-state index contributed by atoms with van der Waals surface area (Å²) in [5.41, 5.74) is 1.49. The van der Waals surface area contributed by atoms with E-state index in [1.54, 1.807) is 6.07 Å². The monoisotopic (exact) mass is 219 g/mol. The largest absolute Gasteiger partial charge is 0.464 e. The maximum Gasteiger partial charge on any atom is 0.356 e. The molecule has 16 heavy (non-hydrogen) atoms. The Morgan fingerprint density at radius 2 is 2.06 bits per heavy atom. The second kappa shape index (κ2) is 3.89. The zero-order valence-corrected chi connectivity index (χ0v) is 8.95. The molecule has 1 aromatic heterocycles. The number of aryl methyl sites for hydroxylation is 1. The van der Waals surface area contributed by atoms with E-state index >= 15 is 0 Å². The van der Waals surface area contributed by atoms with Crippen LogP contribution in [0, 0.1) is 12.7 Å². The van der Waals surface area contributed by atoms with E-state index in [4.69, 9.17) is 0 Å². The molecule has 1 aromatic carbocycles. The van der Waals surface area contributed by atoms with Crippen LogP contribution in [0.4, 0.5) is 4.39 Å². The third-order valence-electron chi connectivity index (χ3n) is 2.40. The molecule has 2 aromatic rings. The number of nitrogens with zero attached hydrogens (tertiary/aromatic N) is 1. The zero-order chi connectivity index (χ0) is 11.7. The quantitative estimate of drug-likeness (QED) is 0.691. The highest BCUT2D eigenvalue weighted by Crippen LogP contribution is 2.20. The SMILES string of the molecule is COC(=O)c1ccc2c(F)ccc(C)c2n1. The van der Waals surface area contributed by atoms with Crippen LogP contribution < -0.4 is 0 Å². The van der Waals surface area contributed by atoms with Crippen LogP contribution in [-0.2, 0) is 4.74 Å². The molecule has 0 saturated carbocycles. The highest BCUT2D eigenvalue weighted by molar-refractivity contribution is 5.91. The van der Waals surface area contributed by atoms with Gasteiger partial charge in [-0.1, -0.05) is 6.07 Å². The predicted molar refractivity (Wildman–Crippen MR) is 57.8 cm³/mol. The van der Waals surface area contributed by atoms with Gasteiger partial charge in [0.15, 0.2) is 0 Å². The molecule has 0 aliphatic carbocycles. The Kier molecular flexibility index (Phi) is 2.56. The van der Waals surface area contributed by atoms with Gasteiger partial charge in [0, 0.05) is 5.39 Å². The van der Waals surface area contributed by atoms with Gasteiger partial charge in [-0.25, -0.2) is 14.2 Å². The number of fused-ring (bicyclic) bond motifs is 1. The summed E-state index contributed by atoms with van der Waals surface area (Å²) in [4.78, 5) is 15.4. The molecule has 1 heterocycles. The number of carbonyl (C=O) groups excluding carboxylic acids is 1. The van der Waals surface area contributed by atoms with E-state index in [0.717, 1.165) is 5.56 Å². The summed E-state index contributed by atoms with van der Waals surface area (Å²) in [5.74, 6) is -0.866. The summed E-state index contributed by atoms with van der Waals surface area (Å²) in [6.07, 6.45) is 0. The van der Waals surface area contributed by atoms with E-state index in [9.17, 15) is 9.18 Å². The second-order valence-electron chi connectivity index (χ2n) is 3.45. The number of benzene rings is 1. The molecule has 0 bridgehead atoms. The summed E-state index contributed by atoms with van der Waals surface area (Å²) in [5, 5.41) is 0.410. The molecule has 0 spiro atoms. The minimum atomic E-state index is -0.523. The molecule has 0 fully saturated rings. The fourth-order valence-corrected chi connectivity index (χ4v) is 1.54. The second-order valence-corrected chi connectivity index (χ2v) is 3.45. The molecule has 0 radical (unpaired) electrons. The molecular weight excluding hydrogens is 209 g/mol. The Hall–Kier alpha value is -1.97. The summed E-state index contributed by atoms with van der Waals surface area (Å²) >= 11 is 0. The molecule has 82 valence electrons. The van der Waals surface area contributed by atoms with Gasteiger partial charge < -0.3 is 4.74 Å². The first kappa shape index (κ1) is 10.5. The first-order valence-corrected chi connectivity index (χ1v) is 4.77. The van der Waals surface area contributed by atoms with Crippen molar-refractivity contribution in [3.8, 4) is 0 Å². The van der Waals surface area contributed by atoms with Crippen molar-refractivity contribution < 1.29 is 13.9 Å². The fourth-order valence-electron chi connectivity index (χ4n) is 1.54. The number of hydrogen-bond donors (Lipinski definition) is 0. The Balaban J connectivity index is 2.70. The van der Waals surface area contributed by atoms with Crippen LogP contribution in [-0.4, -0.2) is 18.1 Å². The molecule has 0 amide bonds. The molecule has 0 aliphatic rings. The average Bonchev–Trinajstić information content (AvgIpc) is 2.32. The number of hydrogen-bond acceptors (Lipinski definition) is 3. The molecule has 0 atom stereocenters. The predicted octanol–water partition coefficient (Wildman–Crippen LogP) is 2.47. The molecule has 0 N–H and O–H groups in total. The number of aromatic nitrogens is 1. The van der Waals surface area contributed by atoms with Crippen molar-refractivity contribution in [2.24, 2.45) is 0 Å². The van der Waals surface area contributed by atoms with E-state index in [-0.39, 0.29) is 11.5 Å². The Labute approximate surface area is 91.9 Å². The minimum Gasteiger partial charge on any atom is -0.464 e. The number of rotatable bonds is 1. The number of esters is 1. The summed E-state index contributed by atoms with van der Waals surface area (Å²) < 4.78 is 18.0. The van der Waals surface area contributed by atoms with Gasteiger partial charge in [-0.3, -0.25) is 0 Å². The first-order valence-electron chi connectivity index (χ1n) is 4.77. The van der Waals surface area contributed by atoms with Gasteiger partial charge in [0.2, 0.25) is 0 Å². The van der Waals surface area contributed by atoms with Gasteiger partial charge in [-0.05, 0) is 30.7 Å². The molecule has 2 rings (SSSR count). The van der Waals surface area contributed by atoms with Crippen molar-refractivity contribution in [3.63, 3.8) is 0 Å². The third-order valence-corrected chi connectivity index (χ3v) is 2.40. The number of ether oxygens (including phenoxy) is 1. The van der Waals surface area contributed by atoms with E-state index < -0.39 is 5.97 Å². The molecule has 0 unspecified atom stereocenters. The number of carbonyl (C=O) groups is 1. The van der Waals surface area contributed by atoms with Crippen molar-refractivity contribution in [1.82, 2.24) is 4.98 Å². The summed E-state index contributed by atoms with van der Waals surface area (Å²) in [6.45, 7) is 1.82. The van der Waals surface area contributed by atoms with Gasteiger partial charge in [-0.15, -0.1) is 0 Å². The van der Waals surface area contributed by atoms with Crippen molar-refractivity contribution >= 4 is 16.9 Å². The topological polar surface area (TPSA) is 39.2 Å². The normalized spacial score (nSPS) is 10.4. The Morgan fingerprint density at radius 3 is 2.75 bits per heavy atom. The summed E-state index contributed by atoms with van der Waals surface area (Å²) in [6, 6.07) is 6.01. The van der Waals surface area contributed by atoms with Crippen molar-refractivity contribution in [2.45, 2.75) is 6.92 Å². The number of methoxy groups -OCH3 is 1. The van der Waals surface area contributed by atoms with E-state index in [2.05, 4.69) is 9.72 Å². The maximum atomic E-state index is 13.4. The van der Waals surface area contributed by atoms with Crippen LogP contribution in [0.15, 0.2) is 24.3 Å². The van der Waals surface area contributed by atoms with Crippen LogP contribution in [0.2, 0.25) is 0 Å². The smallest absolute Gasteiger partial charge is 0.356 e. The van der Waals surface area contributed by atoms with Crippen LogP contribution >= 0.6 is 0 Å². The van der Waals surface area contributed by atoms with E-state index in [1.165, 1.54) is 25.3 Å². The zero-order valence-electron chi connectivity index (χ0n) is 8.95. The maximum absolute atomic E-state index is 13.4. The van der Waals surface area contributed by atoms with Gasteiger partial charge in [-0.2, -0.15) is 0 Å². The van der Waals surface area contributed by atoms with E-state index in [0.29, 0.717) is 10.9 Å². The lowest BCUT2D eigenvalue weighted by atomic mass is 10.1. The lowest BCUT2D eigenvalue weighted by Crippen LogP contribution is -2.04. The minimum absolute atomic E-state index is 0.184. The van der Waals surface area contributed by atoms with Crippen molar-refractivity contribution in [3.05, 3.63) is 41.3 Å². The van der Waals surface area contributed by atoms with Crippen molar-refractivity contribution in [1.29, 1.82) is 0 Å². The molecule has 4 heteroatoms. The molecule has 0 aliphatic heterocycles. The van der Waals surface area contributed by atoms with Gasteiger partial charge >= 0.3 is 5.97 Å². The van der Waals surface area contributed by atoms with E-state index in [1.807, 2.05) is 6.92 Å². The Bertz CT molecular complexity index is 566. The van der Waals surface area contributed by atoms with Crippen LogP contribution in [0.1, 0.15) is 16.1 Å². The highest BCUT2D eigenvalue weighted by atomic mass is 19.1. The van der Waals surface area contributed by atoms with Crippen LogP contribution in [0.25, 0.3) is 10.9 Å². The third kappa shape index (κ3) is 1.62. The van der Waals surface area contributed by atoms with Gasteiger partial charge in [0.25, 0.3) is 0 Å². The Morgan fingerprint density at radius 1 is 1.31 bits per heavy atom. The fraction of sp³-hybridized carbons (Fsp3) is 0.167. The average molecular weight is 219 g/mol. The number of halogens is 1. The lowest BCUT2D eigenvalue weighted by molar-refractivity contribution is 0.0594. The standard InChI is InChI=1S/C12H10FNO2/c1-7-3-5-9(13)8-4-6-10(12(15)16-2)14-11(7)8/h3-6H,1-2H3. The lowest BCUT2D eigenvalue weighted by Gasteiger charge is -2.04.